The summed E-state index contributed by atoms with van der Waals surface area (Å²) in [6, 6.07) is 7.02. The number of ether oxygens (including phenoxy) is 1. The molecule has 1 saturated heterocycles. The van der Waals surface area contributed by atoms with Gasteiger partial charge in [-0.3, -0.25) is 4.90 Å². The van der Waals surface area contributed by atoms with E-state index in [9.17, 15) is 0 Å². The van der Waals surface area contributed by atoms with E-state index in [1.807, 2.05) is 0 Å². The Hall–Kier alpha value is -1.06. The molecular formula is C17H26N2O. The van der Waals surface area contributed by atoms with Gasteiger partial charge in [0.05, 0.1) is 6.04 Å². The van der Waals surface area contributed by atoms with Crippen LogP contribution in [0.5, 0.6) is 5.75 Å². The van der Waals surface area contributed by atoms with Gasteiger partial charge in [-0.15, -0.1) is 0 Å². The van der Waals surface area contributed by atoms with Crippen LogP contribution in [0.15, 0.2) is 18.2 Å². The number of likely N-dealkylation sites (tertiary alicyclic amines) is 1. The Balaban J connectivity index is 2.00. The summed E-state index contributed by atoms with van der Waals surface area (Å²) in [5, 5.41) is 0. The topological polar surface area (TPSA) is 38.5 Å². The van der Waals surface area contributed by atoms with Gasteiger partial charge < -0.3 is 10.5 Å². The highest BCUT2D eigenvalue weighted by atomic mass is 16.5. The third-order valence-corrected chi connectivity index (χ3v) is 4.62. The van der Waals surface area contributed by atoms with Gasteiger partial charge in [-0.1, -0.05) is 24.6 Å². The largest absolute Gasteiger partial charge is 0.487 e. The maximum absolute atomic E-state index is 6.47. The first-order chi connectivity index (χ1) is 9.48. The molecule has 2 atom stereocenters. The smallest absolute Gasteiger partial charge is 0.128 e. The first kappa shape index (κ1) is 13.9. The lowest BCUT2D eigenvalue weighted by atomic mass is 9.93. The monoisotopic (exact) mass is 274 g/mol. The molecule has 3 rings (SSSR count). The lowest BCUT2D eigenvalue weighted by molar-refractivity contribution is 0.132. The van der Waals surface area contributed by atoms with Crippen LogP contribution in [-0.2, 0) is 6.42 Å². The summed E-state index contributed by atoms with van der Waals surface area (Å²) in [6.07, 6.45) is 4.55. The highest BCUT2D eigenvalue weighted by Gasteiger charge is 2.36. The normalized spacial score (nSPS) is 29.6. The molecule has 3 nitrogen and oxygen atoms in total. The molecular weight excluding hydrogens is 248 g/mol. The van der Waals surface area contributed by atoms with E-state index in [2.05, 4.69) is 44.0 Å². The molecule has 1 aromatic carbocycles. The summed E-state index contributed by atoms with van der Waals surface area (Å²) in [4.78, 5) is 2.40. The van der Waals surface area contributed by atoms with Crippen LogP contribution in [0.3, 0.4) is 0 Å². The van der Waals surface area contributed by atoms with Crippen molar-refractivity contribution in [1.82, 2.24) is 4.90 Å². The van der Waals surface area contributed by atoms with E-state index in [0.717, 1.165) is 25.1 Å². The van der Waals surface area contributed by atoms with Gasteiger partial charge in [0.1, 0.15) is 11.4 Å². The lowest BCUT2D eigenvalue weighted by Crippen LogP contribution is -2.38. The zero-order chi connectivity index (χ0) is 14.3. The van der Waals surface area contributed by atoms with Gasteiger partial charge in [-0.2, -0.15) is 0 Å². The summed E-state index contributed by atoms with van der Waals surface area (Å²) >= 11 is 0. The number of likely N-dealkylation sites (N-methyl/N-ethyl adjacent to an activating group) is 1. The van der Waals surface area contributed by atoms with Crippen molar-refractivity contribution in [3.8, 4) is 5.75 Å². The second-order valence-corrected chi connectivity index (χ2v) is 6.96. The van der Waals surface area contributed by atoms with Gasteiger partial charge in [-0.05, 0) is 45.8 Å². The van der Waals surface area contributed by atoms with Gasteiger partial charge in [0.2, 0.25) is 0 Å². The Labute approximate surface area is 122 Å². The minimum absolute atomic E-state index is 0.0914. The maximum Gasteiger partial charge on any atom is 0.128 e. The average molecular weight is 274 g/mol. The number of hydrogen-bond acceptors (Lipinski definition) is 3. The molecule has 2 unspecified atom stereocenters. The number of nitrogens with two attached hydrogens (primary N) is 1. The second kappa shape index (κ2) is 5.05. The summed E-state index contributed by atoms with van der Waals surface area (Å²) in [7, 11) is 2.19. The molecule has 1 fully saturated rings. The van der Waals surface area contributed by atoms with E-state index in [1.165, 1.54) is 24.0 Å². The number of hydrogen-bond donors (Lipinski definition) is 1. The number of para-hydroxylation sites is 1. The van der Waals surface area contributed by atoms with Gasteiger partial charge >= 0.3 is 0 Å². The van der Waals surface area contributed by atoms with Crippen molar-refractivity contribution < 1.29 is 4.74 Å². The van der Waals surface area contributed by atoms with Crippen LogP contribution in [0.1, 0.15) is 50.3 Å². The van der Waals surface area contributed by atoms with Gasteiger partial charge in [0, 0.05) is 18.0 Å². The van der Waals surface area contributed by atoms with E-state index in [-0.39, 0.29) is 17.7 Å². The van der Waals surface area contributed by atoms with Crippen molar-refractivity contribution in [3.63, 3.8) is 0 Å². The fourth-order valence-corrected chi connectivity index (χ4v) is 3.71. The van der Waals surface area contributed by atoms with Crippen LogP contribution in [0.4, 0.5) is 0 Å². The zero-order valence-electron chi connectivity index (χ0n) is 12.9. The summed E-state index contributed by atoms with van der Waals surface area (Å²) in [6.45, 7) is 5.44. The van der Waals surface area contributed by atoms with Gasteiger partial charge in [0.25, 0.3) is 0 Å². The highest BCUT2D eigenvalue weighted by Crippen LogP contribution is 2.42. The lowest BCUT2D eigenvalue weighted by Gasteiger charge is -2.32. The third kappa shape index (κ3) is 2.45. The molecule has 0 aromatic heterocycles. The molecule has 2 heterocycles. The molecule has 0 radical (unpaired) electrons. The quantitative estimate of drug-likeness (QED) is 0.856. The molecule has 110 valence electrons. The van der Waals surface area contributed by atoms with E-state index in [0.29, 0.717) is 0 Å². The predicted octanol–water partition coefficient (Wildman–Crippen LogP) is 2.88. The fourth-order valence-electron chi connectivity index (χ4n) is 3.71. The summed E-state index contributed by atoms with van der Waals surface area (Å²) in [5.74, 6) is 1.09. The maximum atomic E-state index is 6.47. The van der Waals surface area contributed by atoms with Gasteiger partial charge in [-0.25, -0.2) is 0 Å². The minimum atomic E-state index is -0.0914. The molecule has 0 bridgehead atoms. The molecule has 0 saturated carbocycles. The Morgan fingerprint density at radius 3 is 2.90 bits per heavy atom. The van der Waals surface area contributed by atoms with Crippen molar-refractivity contribution in [2.45, 2.75) is 57.2 Å². The van der Waals surface area contributed by atoms with E-state index < -0.39 is 0 Å². The average Bonchev–Trinajstić information content (AvgIpc) is 2.60. The fraction of sp³-hybridized carbons (Fsp3) is 0.647. The molecule has 1 aromatic rings. The van der Waals surface area contributed by atoms with Crippen LogP contribution in [0, 0.1) is 0 Å². The molecule has 20 heavy (non-hydrogen) atoms. The van der Waals surface area contributed by atoms with Crippen molar-refractivity contribution in [2.75, 3.05) is 13.6 Å². The van der Waals surface area contributed by atoms with E-state index in [4.69, 9.17) is 10.5 Å². The van der Waals surface area contributed by atoms with Crippen LogP contribution in [0.25, 0.3) is 0 Å². The van der Waals surface area contributed by atoms with Crippen LogP contribution >= 0.6 is 0 Å². The molecule has 0 spiro atoms. The molecule has 0 amide bonds. The standard InChI is InChI=1S/C17H26N2O/c1-17(2)11-12-7-6-8-13(16(12)20-17)15-14(18)9-4-5-10-19(15)3/h6-8,14-15H,4-5,9-11,18H2,1-3H3. The number of benzene rings is 1. The van der Waals surface area contributed by atoms with Crippen LogP contribution in [0.2, 0.25) is 0 Å². The first-order valence-corrected chi connectivity index (χ1v) is 7.74. The first-order valence-electron chi connectivity index (χ1n) is 7.74. The predicted molar refractivity (Wildman–Crippen MR) is 82.1 cm³/mol. The molecule has 2 aliphatic heterocycles. The molecule has 2 N–H and O–H groups in total. The Morgan fingerprint density at radius 2 is 2.10 bits per heavy atom. The molecule has 2 aliphatic rings. The minimum Gasteiger partial charge on any atom is -0.487 e. The van der Waals surface area contributed by atoms with Gasteiger partial charge in [0.15, 0.2) is 0 Å². The Bertz CT molecular complexity index is 486. The summed E-state index contributed by atoms with van der Waals surface area (Å²) in [5.41, 5.74) is 8.99. The molecule has 3 heteroatoms. The number of fused-ring (bicyclic) bond motifs is 1. The van der Waals surface area contributed by atoms with Crippen molar-refractivity contribution in [1.29, 1.82) is 0 Å². The van der Waals surface area contributed by atoms with Crippen molar-refractivity contribution >= 4 is 0 Å². The highest BCUT2D eigenvalue weighted by molar-refractivity contribution is 5.47. The van der Waals surface area contributed by atoms with Crippen molar-refractivity contribution in [3.05, 3.63) is 29.3 Å². The third-order valence-electron chi connectivity index (χ3n) is 4.62. The van der Waals surface area contributed by atoms with E-state index in [1.54, 1.807) is 0 Å². The van der Waals surface area contributed by atoms with Crippen LogP contribution in [-0.4, -0.2) is 30.1 Å². The Morgan fingerprint density at radius 1 is 1.30 bits per heavy atom. The van der Waals surface area contributed by atoms with E-state index >= 15 is 0 Å². The Kier molecular flexibility index (Phi) is 3.51. The zero-order valence-corrected chi connectivity index (χ0v) is 12.9. The van der Waals surface area contributed by atoms with Crippen molar-refractivity contribution in [2.24, 2.45) is 5.73 Å². The second-order valence-electron chi connectivity index (χ2n) is 6.96. The van der Waals surface area contributed by atoms with Crippen LogP contribution < -0.4 is 10.5 Å². The SMILES string of the molecule is CN1CCCCC(N)C1c1cccc2c1OC(C)(C)C2. The number of rotatable bonds is 1. The summed E-state index contributed by atoms with van der Waals surface area (Å²) < 4.78 is 6.23. The number of nitrogens with zero attached hydrogens (tertiary/aromatic N) is 1. The molecule has 0 aliphatic carbocycles.